The maximum absolute atomic E-state index is 11.0. The molecule has 4 nitrogen and oxygen atoms in total. The van der Waals surface area contributed by atoms with Crippen molar-refractivity contribution >= 4 is 5.97 Å². The van der Waals surface area contributed by atoms with Gasteiger partial charge in [-0.05, 0) is 24.6 Å². The highest BCUT2D eigenvalue weighted by molar-refractivity contribution is 5.81. The van der Waals surface area contributed by atoms with E-state index in [0.717, 1.165) is 5.56 Å². The lowest BCUT2D eigenvalue weighted by atomic mass is 9.94. The fraction of sp³-hybridized carbons (Fsp3) is 0.308. The first kappa shape index (κ1) is 13.3. The van der Waals surface area contributed by atoms with E-state index < -0.39 is 12.1 Å². The Morgan fingerprint density at radius 3 is 2.41 bits per heavy atom. The average molecular weight is 236 g/mol. The van der Waals surface area contributed by atoms with Crippen LogP contribution in [-0.4, -0.2) is 29.4 Å². The van der Waals surface area contributed by atoms with Gasteiger partial charge in [-0.15, -0.1) is 0 Å². The summed E-state index contributed by atoms with van der Waals surface area (Å²) < 4.78 is 4.49. The molecule has 0 heterocycles. The van der Waals surface area contributed by atoms with Gasteiger partial charge in [0.15, 0.2) is 0 Å². The SMILES string of the molecule is COC(=O)/C=C/C(c1ccc(O)cc1)C(C)O. The van der Waals surface area contributed by atoms with E-state index in [0.29, 0.717) is 0 Å². The minimum absolute atomic E-state index is 0.162. The van der Waals surface area contributed by atoms with Crippen molar-refractivity contribution in [1.29, 1.82) is 0 Å². The number of aliphatic hydroxyl groups excluding tert-OH is 1. The second-order valence-electron chi connectivity index (χ2n) is 3.74. The number of phenolic OH excluding ortho intramolecular Hbond substituents is 1. The van der Waals surface area contributed by atoms with Gasteiger partial charge in [-0.25, -0.2) is 4.79 Å². The molecule has 17 heavy (non-hydrogen) atoms. The Kier molecular flexibility index (Phi) is 4.72. The molecular formula is C13H16O4. The molecule has 2 unspecified atom stereocenters. The van der Waals surface area contributed by atoms with Crippen molar-refractivity contribution in [3.8, 4) is 5.75 Å². The van der Waals surface area contributed by atoms with Gasteiger partial charge in [-0.3, -0.25) is 0 Å². The van der Waals surface area contributed by atoms with Crippen molar-refractivity contribution < 1.29 is 19.7 Å². The van der Waals surface area contributed by atoms with E-state index in [1.54, 1.807) is 25.1 Å². The number of benzene rings is 1. The molecule has 0 saturated carbocycles. The largest absolute Gasteiger partial charge is 0.508 e. The summed E-state index contributed by atoms with van der Waals surface area (Å²) in [6.45, 7) is 1.64. The van der Waals surface area contributed by atoms with Crippen LogP contribution in [0.15, 0.2) is 36.4 Å². The average Bonchev–Trinajstić information content (AvgIpc) is 2.31. The molecule has 4 heteroatoms. The zero-order valence-corrected chi connectivity index (χ0v) is 9.83. The molecule has 1 aromatic carbocycles. The second kappa shape index (κ2) is 6.06. The molecule has 1 aromatic rings. The molecule has 0 aliphatic heterocycles. The van der Waals surface area contributed by atoms with Crippen LogP contribution < -0.4 is 0 Å². The smallest absolute Gasteiger partial charge is 0.330 e. The van der Waals surface area contributed by atoms with Crippen LogP contribution in [0.25, 0.3) is 0 Å². The van der Waals surface area contributed by atoms with Crippen LogP contribution in [0.5, 0.6) is 5.75 Å². The Balaban J connectivity index is 2.90. The number of hydrogen-bond donors (Lipinski definition) is 2. The molecule has 0 fully saturated rings. The summed E-state index contributed by atoms with van der Waals surface area (Å²) in [5.74, 6) is -0.612. The van der Waals surface area contributed by atoms with E-state index in [1.165, 1.54) is 25.3 Å². The molecule has 0 aromatic heterocycles. The molecule has 1 rings (SSSR count). The molecule has 0 aliphatic carbocycles. The molecule has 0 bridgehead atoms. The highest BCUT2D eigenvalue weighted by Crippen LogP contribution is 2.23. The normalized spacial score (nSPS) is 14.5. The molecule has 2 atom stereocenters. The molecule has 0 radical (unpaired) electrons. The van der Waals surface area contributed by atoms with Crippen LogP contribution >= 0.6 is 0 Å². The van der Waals surface area contributed by atoms with Crippen molar-refractivity contribution in [1.82, 2.24) is 0 Å². The molecule has 0 saturated heterocycles. The number of hydrogen-bond acceptors (Lipinski definition) is 4. The van der Waals surface area contributed by atoms with Gasteiger partial charge < -0.3 is 14.9 Å². The fourth-order valence-corrected chi connectivity index (χ4v) is 1.50. The summed E-state index contributed by atoms with van der Waals surface area (Å²) in [4.78, 5) is 11.0. The van der Waals surface area contributed by atoms with Gasteiger partial charge in [-0.2, -0.15) is 0 Å². The van der Waals surface area contributed by atoms with E-state index >= 15 is 0 Å². The van der Waals surface area contributed by atoms with E-state index in [2.05, 4.69) is 4.74 Å². The zero-order chi connectivity index (χ0) is 12.8. The Labute approximate surface area is 100 Å². The number of aromatic hydroxyl groups is 1. The van der Waals surface area contributed by atoms with E-state index in [1.807, 2.05) is 0 Å². The summed E-state index contributed by atoms with van der Waals surface area (Å²) in [6, 6.07) is 6.48. The molecule has 2 N–H and O–H groups in total. The number of carbonyl (C=O) groups is 1. The minimum Gasteiger partial charge on any atom is -0.508 e. The van der Waals surface area contributed by atoms with Crippen molar-refractivity contribution in [2.24, 2.45) is 0 Å². The molecule has 0 aliphatic rings. The first-order valence-electron chi connectivity index (χ1n) is 5.27. The first-order valence-corrected chi connectivity index (χ1v) is 5.27. The van der Waals surface area contributed by atoms with Crippen molar-refractivity contribution in [2.75, 3.05) is 7.11 Å². The highest BCUT2D eigenvalue weighted by Gasteiger charge is 2.14. The number of phenols is 1. The van der Waals surface area contributed by atoms with Gasteiger partial charge in [0, 0.05) is 12.0 Å². The number of aliphatic hydroxyl groups is 1. The summed E-state index contributed by atoms with van der Waals surface area (Å²) in [5.41, 5.74) is 0.818. The summed E-state index contributed by atoms with van der Waals surface area (Å²) in [7, 11) is 1.30. The molecular weight excluding hydrogens is 220 g/mol. The first-order chi connectivity index (χ1) is 8.04. The van der Waals surface area contributed by atoms with Crippen molar-refractivity contribution in [3.63, 3.8) is 0 Å². The third-order valence-electron chi connectivity index (χ3n) is 2.44. The Bertz CT molecular complexity index is 392. The quantitative estimate of drug-likeness (QED) is 0.615. The molecule has 92 valence electrons. The number of rotatable bonds is 4. The Morgan fingerprint density at radius 1 is 1.35 bits per heavy atom. The van der Waals surface area contributed by atoms with Crippen LogP contribution in [0.1, 0.15) is 18.4 Å². The van der Waals surface area contributed by atoms with E-state index in [9.17, 15) is 15.0 Å². The summed E-state index contributed by atoms with van der Waals surface area (Å²) in [6.07, 6.45) is 2.23. The predicted molar refractivity (Wildman–Crippen MR) is 63.7 cm³/mol. The van der Waals surface area contributed by atoms with Gasteiger partial charge >= 0.3 is 5.97 Å². The Morgan fingerprint density at radius 2 is 1.94 bits per heavy atom. The minimum atomic E-state index is -0.638. The number of esters is 1. The third-order valence-corrected chi connectivity index (χ3v) is 2.44. The van der Waals surface area contributed by atoms with E-state index in [-0.39, 0.29) is 11.7 Å². The highest BCUT2D eigenvalue weighted by atomic mass is 16.5. The van der Waals surface area contributed by atoms with Crippen LogP contribution in [0, 0.1) is 0 Å². The monoisotopic (exact) mass is 236 g/mol. The van der Waals surface area contributed by atoms with Crippen LogP contribution in [0.3, 0.4) is 0 Å². The number of ether oxygens (including phenoxy) is 1. The second-order valence-corrected chi connectivity index (χ2v) is 3.74. The van der Waals surface area contributed by atoms with Crippen LogP contribution in [0.4, 0.5) is 0 Å². The summed E-state index contributed by atoms with van der Waals surface area (Å²) in [5, 5.41) is 18.8. The van der Waals surface area contributed by atoms with Crippen LogP contribution in [-0.2, 0) is 9.53 Å². The van der Waals surface area contributed by atoms with Gasteiger partial charge in [0.05, 0.1) is 13.2 Å². The zero-order valence-electron chi connectivity index (χ0n) is 9.83. The van der Waals surface area contributed by atoms with E-state index in [4.69, 9.17) is 0 Å². The third kappa shape index (κ3) is 3.92. The lowest BCUT2D eigenvalue weighted by Crippen LogP contribution is -2.13. The van der Waals surface area contributed by atoms with Crippen molar-refractivity contribution in [3.05, 3.63) is 42.0 Å². The summed E-state index contributed by atoms with van der Waals surface area (Å²) >= 11 is 0. The van der Waals surface area contributed by atoms with Gasteiger partial charge in [0.2, 0.25) is 0 Å². The molecule has 0 amide bonds. The Hall–Kier alpha value is -1.81. The topological polar surface area (TPSA) is 66.8 Å². The standard InChI is InChI=1S/C13H16O4/c1-9(14)12(7-8-13(16)17-2)10-3-5-11(15)6-4-10/h3-9,12,14-15H,1-2H3/b8-7+. The van der Waals surface area contributed by atoms with Gasteiger partial charge in [0.25, 0.3) is 0 Å². The van der Waals surface area contributed by atoms with Crippen LogP contribution in [0.2, 0.25) is 0 Å². The number of methoxy groups -OCH3 is 1. The lowest BCUT2D eigenvalue weighted by Gasteiger charge is -2.16. The lowest BCUT2D eigenvalue weighted by molar-refractivity contribution is -0.134. The van der Waals surface area contributed by atoms with Gasteiger partial charge in [0.1, 0.15) is 5.75 Å². The molecule has 0 spiro atoms. The fourth-order valence-electron chi connectivity index (χ4n) is 1.50. The number of carbonyl (C=O) groups excluding carboxylic acids is 1. The predicted octanol–water partition coefficient (Wildman–Crippen LogP) is 1.59. The maximum atomic E-state index is 11.0. The maximum Gasteiger partial charge on any atom is 0.330 e. The van der Waals surface area contributed by atoms with Crippen molar-refractivity contribution in [2.45, 2.75) is 18.9 Å². The van der Waals surface area contributed by atoms with Gasteiger partial charge in [-0.1, -0.05) is 18.2 Å².